The summed E-state index contributed by atoms with van der Waals surface area (Å²) in [5.74, 6) is -0.879. The van der Waals surface area contributed by atoms with Gasteiger partial charge in [-0.25, -0.2) is 0 Å². The van der Waals surface area contributed by atoms with Gasteiger partial charge in [0, 0.05) is 19.3 Å². The fourth-order valence-electron chi connectivity index (χ4n) is 9.62. The molecule has 0 aromatic carbocycles. The van der Waals surface area contributed by atoms with E-state index < -0.39 is 6.10 Å². The van der Waals surface area contributed by atoms with Crippen molar-refractivity contribution in [3.8, 4) is 0 Å². The average molecular weight is 1040 g/mol. The fraction of sp³-hybridized carbons (Fsp3) is 0.838. The lowest BCUT2D eigenvalue weighted by atomic mass is 10.0. The van der Waals surface area contributed by atoms with E-state index in [9.17, 15) is 14.4 Å². The van der Waals surface area contributed by atoms with Gasteiger partial charge in [-0.05, 0) is 83.5 Å². The van der Waals surface area contributed by atoms with Gasteiger partial charge in [0.2, 0.25) is 0 Å². The zero-order valence-corrected chi connectivity index (χ0v) is 49.6. The third-order valence-corrected chi connectivity index (χ3v) is 14.6. The van der Waals surface area contributed by atoms with Crippen LogP contribution in [0.25, 0.3) is 0 Å². The summed E-state index contributed by atoms with van der Waals surface area (Å²) < 4.78 is 16.9. The Morgan fingerprint density at radius 2 is 0.486 bits per heavy atom. The topological polar surface area (TPSA) is 78.9 Å². The summed E-state index contributed by atoms with van der Waals surface area (Å²) in [6.45, 7) is 6.63. The standard InChI is InChI=1S/C68H124O6/c1-4-7-10-13-16-19-22-25-27-29-31-32-33-34-35-37-38-40-43-46-49-52-55-58-61-67(70)73-64-65(63-72-66(69)60-57-54-51-48-45-42-24-21-18-15-12-9-6-3)74-68(71)62-59-56-53-50-47-44-41-39-36-30-28-26-23-20-17-14-11-8-5-2/h17,20-21,24,26,28,36,39,65H,4-16,18-19,22-23,25,27,29-35,37-38,40-64H2,1-3H3/b20-17-,24-21-,28-26-,39-36-. The van der Waals surface area contributed by atoms with Crippen molar-refractivity contribution in [1.29, 1.82) is 0 Å². The summed E-state index contributed by atoms with van der Waals surface area (Å²) in [6.07, 6.45) is 78.4. The Balaban J connectivity index is 4.28. The molecule has 0 amide bonds. The molecule has 0 rings (SSSR count). The van der Waals surface area contributed by atoms with Crippen LogP contribution in [0, 0.1) is 0 Å². The van der Waals surface area contributed by atoms with Crippen molar-refractivity contribution in [3.63, 3.8) is 0 Å². The van der Waals surface area contributed by atoms with E-state index in [1.807, 2.05) is 0 Å². The van der Waals surface area contributed by atoms with E-state index >= 15 is 0 Å². The highest BCUT2D eigenvalue weighted by atomic mass is 16.6. The van der Waals surface area contributed by atoms with Crippen LogP contribution in [0.2, 0.25) is 0 Å². The first-order valence-electron chi connectivity index (χ1n) is 32.6. The van der Waals surface area contributed by atoms with Crippen LogP contribution < -0.4 is 0 Å². The molecule has 0 fully saturated rings. The van der Waals surface area contributed by atoms with Crippen molar-refractivity contribution in [2.24, 2.45) is 0 Å². The number of esters is 3. The lowest BCUT2D eigenvalue weighted by Gasteiger charge is -2.18. The lowest BCUT2D eigenvalue weighted by molar-refractivity contribution is -0.167. The first-order chi connectivity index (χ1) is 36.5. The second-order valence-electron chi connectivity index (χ2n) is 22.0. The summed E-state index contributed by atoms with van der Waals surface area (Å²) >= 11 is 0. The summed E-state index contributed by atoms with van der Waals surface area (Å²) in [6, 6.07) is 0. The van der Waals surface area contributed by atoms with Gasteiger partial charge in [-0.2, -0.15) is 0 Å². The van der Waals surface area contributed by atoms with Crippen LogP contribution in [0.3, 0.4) is 0 Å². The molecule has 1 unspecified atom stereocenters. The second kappa shape index (κ2) is 62.9. The van der Waals surface area contributed by atoms with Crippen molar-refractivity contribution in [3.05, 3.63) is 48.6 Å². The molecular formula is C68H124O6. The van der Waals surface area contributed by atoms with Gasteiger partial charge in [-0.1, -0.05) is 294 Å². The molecule has 0 radical (unpaired) electrons. The van der Waals surface area contributed by atoms with E-state index in [0.29, 0.717) is 19.3 Å². The Labute approximate surface area is 460 Å². The zero-order valence-electron chi connectivity index (χ0n) is 49.6. The summed E-state index contributed by atoms with van der Waals surface area (Å²) in [4.78, 5) is 38.3. The normalized spacial score (nSPS) is 12.3. The molecule has 0 aliphatic heterocycles. The highest BCUT2D eigenvalue weighted by molar-refractivity contribution is 5.71. The largest absolute Gasteiger partial charge is 0.462 e. The quantitative estimate of drug-likeness (QED) is 0.0261. The Bertz CT molecular complexity index is 1280. The second-order valence-corrected chi connectivity index (χ2v) is 22.0. The van der Waals surface area contributed by atoms with E-state index in [1.165, 1.54) is 218 Å². The van der Waals surface area contributed by atoms with Crippen molar-refractivity contribution >= 4 is 17.9 Å². The molecule has 0 heterocycles. The minimum Gasteiger partial charge on any atom is -0.462 e. The minimum absolute atomic E-state index is 0.0777. The molecule has 0 aromatic rings. The maximum Gasteiger partial charge on any atom is 0.306 e. The molecule has 0 aliphatic carbocycles. The molecule has 6 heteroatoms. The maximum atomic E-state index is 12.9. The van der Waals surface area contributed by atoms with Crippen LogP contribution >= 0.6 is 0 Å². The third-order valence-electron chi connectivity index (χ3n) is 14.6. The van der Waals surface area contributed by atoms with Crippen LogP contribution in [-0.2, 0) is 28.6 Å². The Hall–Kier alpha value is -2.63. The number of rotatable bonds is 60. The molecule has 74 heavy (non-hydrogen) atoms. The molecule has 1 atom stereocenters. The van der Waals surface area contributed by atoms with Gasteiger partial charge >= 0.3 is 17.9 Å². The van der Waals surface area contributed by atoms with Crippen LogP contribution in [-0.4, -0.2) is 37.2 Å². The van der Waals surface area contributed by atoms with E-state index in [2.05, 4.69) is 69.4 Å². The van der Waals surface area contributed by atoms with Gasteiger partial charge < -0.3 is 14.2 Å². The molecule has 0 saturated heterocycles. The van der Waals surface area contributed by atoms with Gasteiger partial charge in [0.05, 0.1) is 0 Å². The van der Waals surface area contributed by atoms with Crippen molar-refractivity contribution in [2.45, 2.75) is 354 Å². The molecular weight excluding hydrogens is 913 g/mol. The monoisotopic (exact) mass is 1040 g/mol. The average Bonchev–Trinajstić information content (AvgIpc) is 3.40. The predicted octanol–water partition coefficient (Wildman–Crippen LogP) is 22.2. The number of hydrogen-bond acceptors (Lipinski definition) is 6. The van der Waals surface area contributed by atoms with Gasteiger partial charge in [0.25, 0.3) is 0 Å². The Kier molecular flexibility index (Phi) is 60.7. The number of carbonyl (C=O) groups excluding carboxylic acids is 3. The van der Waals surface area contributed by atoms with Crippen molar-refractivity contribution in [1.82, 2.24) is 0 Å². The fourth-order valence-corrected chi connectivity index (χ4v) is 9.62. The number of unbranched alkanes of at least 4 members (excludes halogenated alkanes) is 41. The summed E-state index contributed by atoms with van der Waals surface area (Å²) in [5, 5.41) is 0. The number of ether oxygens (including phenoxy) is 3. The first-order valence-corrected chi connectivity index (χ1v) is 32.6. The van der Waals surface area contributed by atoms with E-state index in [-0.39, 0.29) is 31.1 Å². The summed E-state index contributed by atoms with van der Waals surface area (Å²) in [7, 11) is 0. The molecule has 0 spiro atoms. The molecule has 432 valence electrons. The summed E-state index contributed by atoms with van der Waals surface area (Å²) in [5.41, 5.74) is 0. The third kappa shape index (κ3) is 60.2. The van der Waals surface area contributed by atoms with E-state index in [4.69, 9.17) is 14.2 Å². The molecule has 0 aliphatic rings. The van der Waals surface area contributed by atoms with Crippen LogP contribution in [0.15, 0.2) is 48.6 Å². The number of allylic oxidation sites excluding steroid dienone is 8. The maximum absolute atomic E-state index is 12.9. The minimum atomic E-state index is -0.782. The Morgan fingerprint density at radius 3 is 0.811 bits per heavy atom. The molecule has 0 aromatic heterocycles. The SMILES string of the molecule is CCCCC/C=C\C/C=C\C/C=C\CCCCCCCCC(=O)OC(COC(=O)CCCCCCC/C=C\CCCCCC)COC(=O)CCCCCCCCCCCCCCCCCCCCCCCCCC. The van der Waals surface area contributed by atoms with Gasteiger partial charge in [-0.15, -0.1) is 0 Å². The molecule has 0 saturated carbocycles. The predicted molar refractivity (Wildman–Crippen MR) is 321 cm³/mol. The highest BCUT2D eigenvalue weighted by Gasteiger charge is 2.19. The van der Waals surface area contributed by atoms with Crippen molar-refractivity contribution in [2.75, 3.05) is 13.2 Å². The van der Waals surface area contributed by atoms with Crippen LogP contribution in [0.4, 0.5) is 0 Å². The van der Waals surface area contributed by atoms with E-state index in [0.717, 1.165) is 89.9 Å². The smallest absolute Gasteiger partial charge is 0.306 e. The molecule has 6 nitrogen and oxygen atoms in total. The number of hydrogen-bond donors (Lipinski definition) is 0. The van der Waals surface area contributed by atoms with Crippen LogP contribution in [0.1, 0.15) is 348 Å². The Morgan fingerprint density at radius 1 is 0.270 bits per heavy atom. The first kappa shape index (κ1) is 71.4. The van der Waals surface area contributed by atoms with Crippen molar-refractivity contribution < 1.29 is 28.6 Å². The van der Waals surface area contributed by atoms with Gasteiger partial charge in [0.1, 0.15) is 13.2 Å². The van der Waals surface area contributed by atoms with E-state index in [1.54, 1.807) is 0 Å². The lowest BCUT2D eigenvalue weighted by Crippen LogP contribution is -2.30. The molecule has 0 N–H and O–H groups in total. The molecule has 0 bridgehead atoms. The van der Waals surface area contributed by atoms with Crippen LogP contribution in [0.5, 0.6) is 0 Å². The zero-order chi connectivity index (χ0) is 53.6. The highest BCUT2D eigenvalue weighted by Crippen LogP contribution is 2.17. The van der Waals surface area contributed by atoms with Gasteiger partial charge in [0.15, 0.2) is 6.10 Å². The number of carbonyl (C=O) groups is 3. The van der Waals surface area contributed by atoms with Gasteiger partial charge in [-0.3, -0.25) is 14.4 Å².